The highest BCUT2D eigenvalue weighted by Crippen LogP contribution is 2.42. The largest absolute Gasteiger partial charge is 0.439 e. The lowest BCUT2D eigenvalue weighted by Crippen LogP contribution is -2.25. The van der Waals surface area contributed by atoms with Crippen LogP contribution in [0.15, 0.2) is 44.9 Å². The molecule has 1 aromatic heterocycles. The topological polar surface area (TPSA) is 89.3 Å². The van der Waals surface area contributed by atoms with Crippen molar-refractivity contribution in [3.63, 3.8) is 0 Å². The lowest BCUT2D eigenvalue weighted by atomic mass is 9.85. The fraction of sp³-hybridized carbons (Fsp3) is 0.368. The van der Waals surface area contributed by atoms with Crippen LogP contribution in [0, 0.1) is 11.3 Å². The summed E-state index contributed by atoms with van der Waals surface area (Å²) in [7, 11) is 0. The van der Waals surface area contributed by atoms with E-state index in [4.69, 9.17) is 14.9 Å². The van der Waals surface area contributed by atoms with Gasteiger partial charge in [-0.15, -0.1) is 0 Å². The van der Waals surface area contributed by atoms with Crippen LogP contribution in [0.4, 0.5) is 0 Å². The highest BCUT2D eigenvalue weighted by atomic mass is 16.5. The molecule has 0 bridgehead atoms. The molecule has 2 N–H and O–H groups in total. The van der Waals surface area contributed by atoms with Gasteiger partial charge in [-0.05, 0) is 18.6 Å². The van der Waals surface area contributed by atoms with E-state index in [1.54, 1.807) is 12.1 Å². The second kappa shape index (κ2) is 6.79. The summed E-state index contributed by atoms with van der Waals surface area (Å²) in [6.07, 6.45) is 4.91. The second-order valence-corrected chi connectivity index (χ2v) is 6.02. The molecule has 0 radical (unpaired) electrons. The number of nitriles is 1. The van der Waals surface area contributed by atoms with Crippen molar-refractivity contribution in [1.82, 2.24) is 0 Å². The Balaban J connectivity index is 2.10. The minimum Gasteiger partial charge on any atom is -0.439 e. The van der Waals surface area contributed by atoms with Gasteiger partial charge in [-0.25, -0.2) is 4.79 Å². The number of rotatable bonds is 5. The van der Waals surface area contributed by atoms with Crippen LogP contribution in [-0.4, -0.2) is 0 Å². The molecule has 3 rings (SSSR count). The number of unbranched alkanes of at least 4 members (excludes halogenated alkanes) is 3. The number of para-hydroxylation sites is 1. The number of nitrogens with two attached hydrogens (primary N) is 1. The molecule has 124 valence electrons. The smallest absolute Gasteiger partial charge is 0.343 e. The molecule has 0 fully saturated rings. The van der Waals surface area contributed by atoms with Crippen LogP contribution in [0.5, 0.6) is 5.75 Å². The molecule has 2 heterocycles. The Morgan fingerprint density at radius 1 is 1.25 bits per heavy atom. The van der Waals surface area contributed by atoms with Crippen molar-refractivity contribution in [2.45, 2.75) is 44.9 Å². The monoisotopic (exact) mass is 324 g/mol. The minimum absolute atomic E-state index is 0.0845. The summed E-state index contributed by atoms with van der Waals surface area (Å²) in [6, 6.07) is 9.30. The first kappa shape index (κ1) is 16.1. The van der Waals surface area contributed by atoms with Crippen LogP contribution in [-0.2, 0) is 0 Å². The first-order valence-electron chi connectivity index (χ1n) is 8.30. The first-order valence-corrected chi connectivity index (χ1v) is 8.30. The van der Waals surface area contributed by atoms with E-state index in [2.05, 4.69) is 13.0 Å². The fourth-order valence-corrected chi connectivity index (χ4v) is 3.22. The van der Waals surface area contributed by atoms with E-state index < -0.39 is 5.63 Å². The first-order chi connectivity index (χ1) is 11.7. The molecule has 1 atom stereocenters. The van der Waals surface area contributed by atoms with Crippen LogP contribution in [0.1, 0.15) is 50.5 Å². The van der Waals surface area contributed by atoms with E-state index in [1.165, 1.54) is 0 Å². The van der Waals surface area contributed by atoms with Crippen LogP contribution >= 0.6 is 0 Å². The molecule has 1 aliphatic rings. The zero-order chi connectivity index (χ0) is 17.1. The molecule has 24 heavy (non-hydrogen) atoms. The second-order valence-electron chi connectivity index (χ2n) is 6.02. The molecule has 5 nitrogen and oxygen atoms in total. The van der Waals surface area contributed by atoms with Crippen molar-refractivity contribution in [3.05, 3.63) is 51.7 Å². The standard InChI is InChI=1S/C19H20N2O3/c1-2-3-4-5-8-12-14(11-20)18(21)24-17-13-9-6-7-10-15(13)23-19(22)16(12)17/h6-7,9-10,12H,2-5,8,21H2,1H3/t12-/m1/s1. The fourth-order valence-electron chi connectivity index (χ4n) is 3.22. The number of ether oxygens (including phenoxy) is 1. The van der Waals surface area contributed by atoms with Crippen molar-refractivity contribution in [2.75, 3.05) is 0 Å². The number of allylic oxidation sites excluding steroid dienone is 1. The number of fused-ring (bicyclic) bond motifs is 3. The number of hydrogen-bond donors (Lipinski definition) is 1. The van der Waals surface area contributed by atoms with Crippen LogP contribution < -0.4 is 16.1 Å². The van der Waals surface area contributed by atoms with Gasteiger partial charge < -0.3 is 14.9 Å². The molecular formula is C19H20N2O3. The quantitative estimate of drug-likeness (QED) is 0.665. The summed E-state index contributed by atoms with van der Waals surface area (Å²) in [5, 5.41) is 10.2. The molecule has 0 saturated carbocycles. The van der Waals surface area contributed by atoms with Crippen molar-refractivity contribution in [1.29, 1.82) is 5.26 Å². The Morgan fingerprint density at radius 3 is 2.79 bits per heavy atom. The van der Waals surface area contributed by atoms with Crippen LogP contribution in [0.3, 0.4) is 0 Å². The summed E-state index contributed by atoms with van der Waals surface area (Å²) >= 11 is 0. The Kier molecular flexibility index (Phi) is 4.57. The van der Waals surface area contributed by atoms with Crippen LogP contribution in [0.2, 0.25) is 0 Å². The molecule has 0 unspecified atom stereocenters. The predicted octanol–water partition coefficient (Wildman–Crippen LogP) is 3.93. The zero-order valence-electron chi connectivity index (χ0n) is 13.7. The lowest BCUT2D eigenvalue weighted by Gasteiger charge is -2.25. The average Bonchev–Trinajstić information content (AvgIpc) is 2.58. The lowest BCUT2D eigenvalue weighted by molar-refractivity contribution is 0.376. The Bertz CT molecular complexity index is 890. The molecule has 1 aliphatic heterocycles. The summed E-state index contributed by atoms with van der Waals surface area (Å²) in [5.41, 5.74) is 6.71. The van der Waals surface area contributed by atoms with Crippen molar-refractivity contribution >= 4 is 11.0 Å². The van der Waals surface area contributed by atoms with Crippen LogP contribution in [0.25, 0.3) is 11.0 Å². The Labute approximate surface area is 140 Å². The average molecular weight is 324 g/mol. The molecule has 0 saturated heterocycles. The zero-order valence-corrected chi connectivity index (χ0v) is 13.7. The van der Waals surface area contributed by atoms with E-state index in [-0.39, 0.29) is 11.8 Å². The molecule has 5 heteroatoms. The van der Waals surface area contributed by atoms with Crippen molar-refractivity contribution < 1.29 is 9.15 Å². The maximum Gasteiger partial charge on any atom is 0.343 e. The summed E-state index contributed by atoms with van der Waals surface area (Å²) in [4.78, 5) is 12.5. The van der Waals surface area contributed by atoms with E-state index in [9.17, 15) is 10.1 Å². The van der Waals surface area contributed by atoms with Gasteiger partial charge in [0, 0.05) is 5.92 Å². The van der Waals surface area contributed by atoms with E-state index >= 15 is 0 Å². The Morgan fingerprint density at radius 2 is 2.04 bits per heavy atom. The van der Waals surface area contributed by atoms with Crippen molar-refractivity contribution in [2.24, 2.45) is 5.73 Å². The Hall–Kier alpha value is -2.74. The molecule has 2 aromatic rings. The molecule has 1 aromatic carbocycles. The van der Waals surface area contributed by atoms with Crippen molar-refractivity contribution in [3.8, 4) is 11.8 Å². The molecular weight excluding hydrogens is 304 g/mol. The van der Waals surface area contributed by atoms with E-state index in [1.807, 2.05) is 12.1 Å². The third-order valence-corrected chi connectivity index (χ3v) is 4.44. The highest BCUT2D eigenvalue weighted by Gasteiger charge is 2.33. The van der Waals surface area contributed by atoms with Gasteiger partial charge in [0.1, 0.15) is 11.7 Å². The predicted molar refractivity (Wildman–Crippen MR) is 91.4 cm³/mol. The number of benzene rings is 1. The number of hydrogen-bond acceptors (Lipinski definition) is 5. The third-order valence-electron chi connectivity index (χ3n) is 4.44. The molecule has 0 aliphatic carbocycles. The SMILES string of the molecule is CCCCCC[C@@H]1C(C#N)=C(N)Oc2c1c(=O)oc1ccccc21. The van der Waals surface area contributed by atoms with E-state index in [0.29, 0.717) is 34.3 Å². The normalized spacial score (nSPS) is 16.6. The maximum atomic E-state index is 12.5. The summed E-state index contributed by atoms with van der Waals surface area (Å²) < 4.78 is 11.1. The molecule has 0 amide bonds. The molecule has 0 spiro atoms. The van der Waals surface area contributed by atoms with Gasteiger partial charge in [-0.3, -0.25) is 0 Å². The minimum atomic E-state index is -0.454. The highest BCUT2D eigenvalue weighted by molar-refractivity contribution is 5.85. The van der Waals surface area contributed by atoms with Gasteiger partial charge in [0.2, 0.25) is 5.88 Å². The van der Waals surface area contributed by atoms with Gasteiger partial charge in [0.05, 0.1) is 16.5 Å². The van der Waals surface area contributed by atoms with Gasteiger partial charge in [-0.1, -0.05) is 44.7 Å². The maximum absolute atomic E-state index is 12.5. The third kappa shape index (κ3) is 2.76. The van der Waals surface area contributed by atoms with Gasteiger partial charge in [0.25, 0.3) is 0 Å². The van der Waals surface area contributed by atoms with Gasteiger partial charge >= 0.3 is 5.63 Å². The number of nitrogens with zero attached hydrogens (tertiary/aromatic N) is 1. The summed E-state index contributed by atoms with van der Waals surface area (Å²) in [5.74, 6) is 0.150. The van der Waals surface area contributed by atoms with Gasteiger partial charge in [-0.2, -0.15) is 5.26 Å². The van der Waals surface area contributed by atoms with E-state index in [0.717, 1.165) is 25.7 Å². The van der Waals surface area contributed by atoms with Gasteiger partial charge in [0.15, 0.2) is 5.75 Å². The summed E-state index contributed by atoms with van der Waals surface area (Å²) in [6.45, 7) is 2.14.